The van der Waals surface area contributed by atoms with Crippen LogP contribution < -0.4 is 26.2 Å². The molecule has 6 heterocycles. The molecule has 0 radical (unpaired) electrons. The van der Waals surface area contributed by atoms with Gasteiger partial charge >= 0.3 is 0 Å². The molecule has 0 aliphatic carbocycles. The van der Waals surface area contributed by atoms with Gasteiger partial charge in [0, 0.05) is 65.8 Å². The molecule has 14 aromatic carbocycles. The van der Waals surface area contributed by atoms with Gasteiger partial charge in [-0.2, -0.15) is 0 Å². The molecule has 0 amide bonds. The molecule has 0 saturated carbocycles. The van der Waals surface area contributed by atoms with E-state index in [0.717, 1.165) is 132 Å². The third-order valence-electron chi connectivity index (χ3n) is 24.6. The second-order valence-electron chi connectivity index (χ2n) is 38.3. The molecule has 115 heavy (non-hydrogen) atoms. The zero-order valence-electron chi connectivity index (χ0n) is 78.9. The van der Waals surface area contributed by atoms with Crippen molar-refractivity contribution in [2.45, 2.75) is 157 Å². The topological polar surface area (TPSA) is 42.6 Å². The summed E-state index contributed by atoms with van der Waals surface area (Å²) in [6.07, 6.45) is 0. The summed E-state index contributed by atoms with van der Waals surface area (Å²) in [5.41, 5.74) is 23.6. The first-order valence-electron chi connectivity index (χ1n) is 45.4. The Morgan fingerprint density at radius 2 is 0.574 bits per heavy atom. The fraction of sp³-hybridized carbons (Fsp3) is 0.222. The van der Waals surface area contributed by atoms with E-state index in [1.165, 1.54) is 22.3 Å². The SMILES string of the molecule is [2H]c1c([2H])c([2H])c(-c2ccc3c(c2)B2c4ccc(-c5c([2H])c([2H])c([2H])c([2H])c5[2H])cc4N(c4cccc5c4oc4c(-n6c7ccc(C(C)(C)C)cc7c7cc(C(C)(C)C)ccc76)cccc45)c4cc(-c5cc(C(C)(C)C)cc(C(C)(C)C)c5)cc(c42)N3c2cccc3c2oc2c(-n4c5ccc(C(C)(C)C)cc5c5cc(C(C)(C)C)ccc54)cccc23)c([2H])c1[2H]. The number of nitrogens with zero attached hydrogens (tertiary/aromatic N) is 4. The molecule has 0 atom stereocenters. The van der Waals surface area contributed by atoms with Gasteiger partial charge in [-0.3, -0.25) is 0 Å². The van der Waals surface area contributed by atoms with Crippen molar-refractivity contribution in [2.24, 2.45) is 0 Å². The van der Waals surface area contributed by atoms with Gasteiger partial charge in [-0.1, -0.05) is 300 Å². The molecule has 18 aromatic rings. The summed E-state index contributed by atoms with van der Waals surface area (Å²) in [7, 11) is 0. The number of benzene rings is 14. The average molecular weight is 1510 g/mol. The highest BCUT2D eigenvalue weighted by Crippen LogP contribution is 2.54. The number of furan rings is 2. The van der Waals surface area contributed by atoms with Crippen LogP contribution in [0.3, 0.4) is 0 Å². The Morgan fingerprint density at radius 3 is 0.957 bits per heavy atom. The van der Waals surface area contributed by atoms with Gasteiger partial charge in [0.1, 0.15) is 0 Å². The van der Waals surface area contributed by atoms with E-state index in [9.17, 15) is 8.22 Å². The molecule has 7 heteroatoms. The molecular weight excluding hydrogens is 1400 g/mol. The molecule has 0 fully saturated rings. The molecular formula is C108H99BN4O2. The largest absolute Gasteiger partial charge is 0.452 e. The van der Waals surface area contributed by atoms with E-state index in [1.54, 1.807) is 0 Å². The lowest BCUT2D eigenvalue weighted by atomic mass is 9.33. The van der Waals surface area contributed by atoms with Crippen molar-refractivity contribution in [3.05, 3.63) is 306 Å². The van der Waals surface area contributed by atoms with E-state index < -0.39 is 43.0 Å². The first-order valence-corrected chi connectivity index (χ1v) is 40.4. The summed E-state index contributed by atoms with van der Waals surface area (Å²) < 4.78 is 113. The minimum absolute atomic E-state index is 0.0259. The summed E-state index contributed by atoms with van der Waals surface area (Å²) in [6, 6.07) is 71.9. The summed E-state index contributed by atoms with van der Waals surface area (Å²) in [6.45, 7) is 39.9. The number of rotatable bonds is 7. The van der Waals surface area contributed by atoms with Crippen LogP contribution in [-0.4, -0.2) is 15.8 Å². The van der Waals surface area contributed by atoms with Crippen LogP contribution in [0.2, 0.25) is 0 Å². The maximum atomic E-state index is 9.68. The minimum atomic E-state index is -0.736. The van der Waals surface area contributed by atoms with Crippen LogP contribution >= 0.6 is 0 Å². The third kappa shape index (κ3) is 11.5. The van der Waals surface area contributed by atoms with E-state index in [0.29, 0.717) is 50.5 Å². The molecule has 2 aliphatic heterocycles. The molecule has 0 spiro atoms. The molecule has 0 saturated heterocycles. The number of anilines is 6. The van der Waals surface area contributed by atoms with Crippen LogP contribution in [0.1, 0.15) is 172 Å². The summed E-state index contributed by atoms with van der Waals surface area (Å²) in [5.74, 6) is 0. The Hall–Kier alpha value is -12.1. The van der Waals surface area contributed by atoms with E-state index in [1.807, 2.05) is 36.4 Å². The second-order valence-corrected chi connectivity index (χ2v) is 38.3. The van der Waals surface area contributed by atoms with Crippen LogP contribution in [0.25, 0.3) is 132 Å². The molecule has 20 rings (SSSR count). The van der Waals surface area contributed by atoms with Gasteiger partial charge < -0.3 is 27.8 Å². The molecule has 6 nitrogen and oxygen atoms in total. The normalized spacial score (nSPS) is 14.8. The van der Waals surface area contributed by atoms with Crippen molar-refractivity contribution in [1.29, 1.82) is 0 Å². The first kappa shape index (κ1) is 61.5. The van der Waals surface area contributed by atoms with Crippen LogP contribution in [0.4, 0.5) is 34.1 Å². The predicted octanol–water partition coefficient (Wildman–Crippen LogP) is 28.5. The number of aromatic nitrogens is 2. The van der Waals surface area contributed by atoms with E-state index in [-0.39, 0.29) is 67.8 Å². The van der Waals surface area contributed by atoms with Crippen LogP contribution in [0.5, 0.6) is 0 Å². The molecule has 0 unspecified atom stereocenters. The average Bonchev–Trinajstić information content (AvgIpc) is 1.10. The zero-order chi connectivity index (χ0) is 88.3. The lowest BCUT2D eigenvalue weighted by molar-refractivity contribution is 0.569. The van der Waals surface area contributed by atoms with Crippen molar-refractivity contribution < 1.29 is 22.5 Å². The fourth-order valence-electron chi connectivity index (χ4n) is 18.2. The highest BCUT2D eigenvalue weighted by molar-refractivity contribution is 7.00. The molecule has 566 valence electrons. The van der Waals surface area contributed by atoms with Gasteiger partial charge in [-0.25, -0.2) is 0 Å². The van der Waals surface area contributed by atoms with Crippen molar-refractivity contribution in [3.8, 4) is 44.8 Å². The lowest BCUT2D eigenvalue weighted by Crippen LogP contribution is -2.61. The third-order valence-corrected chi connectivity index (χ3v) is 24.6. The fourth-order valence-corrected chi connectivity index (χ4v) is 18.2. The standard InChI is InChI=1S/C108H99BN4O2/c1-103(2,3)70-43-49-86-80(60-70)81-61-71(104(4,5)6)44-50-87(81)110(86)91-37-25-33-76-78-35-27-39-93(101(78)114-99(76)91)112-90-48-42-66(64-29-21-19-22-30-64)55-85(90)109-84-47-41-67(65-31-23-20-24-32-65)56-95(84)113(97-58-69(57-96(112)98(97)109)68-53-74(107(13,14)15)59-75(54-68)108(16,17)18)94-40-28-36-79-77-34-26-38-92(100(77)115-102(79)94)111-88-51-45-72(105(7,8)9)62-82(88)83-63-73(106(10,11)12)46-52-89(83)111/h19-63H,1-18H3/i19D,20D,21D,22D,23D,24D,29D,30D,31D,32D. The van der Waals surface area contributed by atoms with Gasteiger partial charge in [0.05, 0.1) is 58.5 Å². The highest BCUT2D eigenvalue weighted by atomic mass is 16.3. The minimum Gasteiger partial charge on any atom is -0.452 e. The quantitative estimate of drug-likeness (QED) is 0.149. The maximum Gasteiger partial charge on any atom is 0.252 e. The molecule has 4 aromatic heterocycles. The Labute approximate surface area is 690 Å². The van der Waals surface area contributed by atoms with Crippen molar-refractivity contribution in [3.63, 3.8) is 0 Å². The molecule has 0 N–H and O–H groups in total. The van der Waals surface area contributed by atoms with Gasteiger partial charge in [0.2, 0.25) is 0 Å². The van der Waals surface area contributed by atoms with Crippen LogP contribution in [0.15, 0.2) is 282 Å². The predicted molar refractivity (Wildman–Crippen MR) is 492 cm³/mol. The van der Waals surface area contributed by atoms with Gasteiger partial charge in [-0.15, -0.1) is 0 Å². The Morgan fingerprint density at radius 1 is 0.243 bits per heavy atom. The van der Waals surface area contributed by atoms with E-state index in [4.69, 9.17) is 14.3 Å². The van der Waals surface area contributed by atoms with Crippen LogP contribution in [0, 0.1) is 0 Å². The Kier molecular flexibility index (Phi) is 13.5. The molecule has 0 bridgehead atoms. The number of fused-ring (bicyclic) bond motifs is 16. The first-order chi connectivity index (χ1) is 59.0. The highest BCUT2D eigenvalue weighted by Gasteiger charge is 2.46. The number of hydrogen-bond acceptors (Lipinski definition) is 4. The smallest absolute Gasteiger partial charge is 0.252 e. The van der Waals surface area contributed by atoms with Gasteiger partial charge in [0.15, 0.2) is 22.3 Å². The van der Waals surface area contributed by atoms with Gasteiger partial charge in [0.25, 0.3) is 6.71 Å². The molecule has 2 aliphatic rings. The number of para-hydroxylation sites is 4. The number of hydrogen-bond donors (Lipinski definition) is 0. The van der Waals surface area contributed by atoms with Gasteiger partial charge in [-0.05, 0) is 213 Å². The van der Waals surface area contributed by atoms with Crippen molar-refractivity contribution in [2.75, 3.05) is 9.80 Å². The second kappa shape index (κ2) is 25.2. The monoisotopic (exact) mass is 1500 g/mol. The maximum absolute atomic E-state index is 9.68. The Bertz CT molecular complexity index is 7540. The lowest BCUT2D eigenvalue weighted by Gasteiger charge is -2.44. The van der Waals surface area contributed by atoms with Crippen molar-refractivity contribution in [1.82, 2.24) is 9.13 Å². The summed E-state index contributed by atoms with van der Waals surface area (Å²) >= 11 is 0. The van der Waals surface area contributed by atoms with E-state index in [2.05, 4.69) is 319 Å². The van der Waals surface area contributed by atoms with E-state index >= 15 is 0 Å². The summed E-state index contributed by atoms with van der Waals surface area (Å²) in [5, 5.41) is 8.05. The van der Waals surface area contributed by atoms with Crippen LogP contribution in [-0.2, 0) is 32.5 Å². The van der Waals surface area contributed by atoms with Crippen molar-refractivity contribution >= 4 is 145 Å². The zero-order valence-corrected chi connectivity index (χ0v) is 68.9. The Balaban J connectivity index is 0.921. The summed E-state index contributed by atoms with van der Waals surface area (Å²) in [4.78, 5) is 4.57.